The standard InChI is InChI=1S/C16H22O/c1-4-6-8-11-14(5-2)16(3,17)15-12-9-7-10-13-15/h2,7,9-10,12-14,17H,4,6,8,11H2,1,3H3/t14-,16+/m1/s1. The Hall–Kier alpha value is -1.26. The molecule has 0 saturated carbocycles. The third-order valence-corrected chi connectivity index (χ3v) is 3.33. The Balaban J connectivity index is 2.77. The van der Waals surface area contributed by atoms with Crippen LogP contribution in [-0.4, -0.2) is 5.11 Å². The van der Waals surface area contributed by atoms with E-state index >= 15 is 0 Å². The van der Waals surface area contributed by atoms with Crippen molar-refractivity contribution in [3.63, 3.8) is 0 Å². The molecule has 0 spiro atoms. The molecule has 0 saturated heterocycles. The average Bonchev–Trinajstić information content (AvgIpc) is 2.35. The second kappa shape index (κ2) is 6.47. The molecule has 0 aromatic heterocycles. The van der Waals surface area contributed by atoms with E-state index in [1.807, 2.05) is 37.3 Å². The Morgan fingerprint density at radius 1 is 1.29 bits per heavy atom. The van der Waals surface area contributed by atoms with Crippen LogP contribution in [0.1, 0.15) is 45.1 Å². The first-order chi connectivity index (χ1) is 8.12. The quantitative estimate of drug-likeness (QED) is 0.583. The zero-order valence-electron chi connectivity index (χ0n) is 10.8. The highest BCUT2D eigenvalue weighted by Crippen LogP contribution is 2.32. The minimum Gasteiger partial charge on any atom is -0.384 e. The molecule has 0 bridgehead atoms. The summed E-state index contributed by atoms with van der Waals surface area (Å²) < 4.78 is 0. The van der Waals surface area contributed by atoms with Crippen molar-refractivity contribution in [3.05, 3.63) is 35.9 Å². The van der Waals surface area contributed by atoms with E-state index in [-0.39, 0.29) is 5.92 Å². The second-order valence-electron chi connectivity index (χ2n) is 4.73. The molecule has 1 aromatic carbocycles. The first kappa shape index (κ1) is 13.8. The Morgan fingerprint density at radius 2 is 1.94 bits per heavy atom. The van der Waals surface area contributed by atoms with Crippen LogP contribution in [-0.2, 0) is 5.60 Å². The van der Waals surface area contributed by atoms with Crippen molar-refractivity contribution < 1.29 is 5.11 Å². The van der Waals surface area contributed by atoms with Gasteiger partial charge in [0.05, 0.1) is 5.92 Å². The molecule has 17 heavy (non-hydrogen) atoms. The molecule has 0 amide bonds. The molecule has 92 valence electrons. The Labute approximate surface area is 105 Å². The van der Waals surface area contributed by atoms with Crippen molar-refractivity contribution in [1.82, 2.24) is 0 Å². The third kappa shape index (κ3) is 3.61. The monoisotopic (exact) mass is 230 g/mol. The normalized spacial score (nSPS) is 15.9. The SMILES string of the molecule is C#C[C@H](CCCCC)[C@](C)(O)c1ccccc1. The molecule has 0 aliphatic rings. The molecule has 1 nitrogen and oxygen atoms in total. The van der Waals surface area contributed by atoms with E-state index in [0.29, 0.717) is 0 Å². The number of hydrogen-bond acceptors (Lipinski definition) is 1. The Morgan fingerprint density at radius 3 is 2.47 bits per heavy atom. The van der Waals surface area contributed by atoms with Crippen LogP contribution in [0.4, 0.5) is 0 Å². The highest BCUT2D eigenvalue weighted by molar-refractivity contribution is 5.25. The van der Waals surface area contributed by atoms with E-state index in [1.165, 1.54) is 12.8 Å². The van der Waals surface area contributed by atoms with Crippen LogP contribution in [0.25, 0.3) is 0 Å². The summed E-state index contributed by atoms with van der Waals surface area (Å²) in [6.45, 7) is 3.99. The zero-order valence-corrected chi connectivity index (χ0v) is 10.8. The van der Waals surface area contributed by atoms with E-state index in [4.69, 9.17) is 6.42 Å². The molecule has 0 heterocycles. The number of benzene rings is 1. The van der Waals surface area contributed by atoms with Gasteiger partial charge in [0.1, 0.15) is 5.60 Å². The molecule has 0 unspecified atom stereocenters. The zero-order chi connectivity index (χ0) is 12.7. The van der Waals surface area contributed by atoms with Crippen LogP contribution in [0.3, 0.4) is 0 Å². The minimum atomic E-state index is -0.927. The summed E-state index contributed by atoms with van der Waals surface area (Å²) in [6.07, 6.45) is 9.87. The lowest BCUT2D eigenvalue weighted by Gasteiger charge is -2.30. The number of rotatable bonds is 6. The van der Waals surface area contributed by atoms with E-state index in [2.05, 4.69) is 12.8 Å². The number of aliphatic hydroxyl groups is 1. The summed E-state index contributed by atoms with van der Waals surface area (Å²) in [6, 6.07) is 9.68. The molecule has 0 fully saturated rings. The van der Waals surface area contributed by atoms with Gasteiger partial charge in [0.15, 0.2) is 0 Å². The van der Waals surface area contributed by atoms with Gasteiger partial charge in [-0.2, -0.15) is 0 Å². The molecule has 1 N–H and O–H groups in total. The highest BCUT2D eigenvalue weighted by atomic mass is 16.3. The summed E-state index contributed by atoms with van der Waals surface area (Å²) in [5, 5.41) is 10.6. The lowest BCUT2D eigenvalue weighted by atomic mass is 9.80. The maximum absolute atomic E-state index is 10.6. The largest absolute Gasteiger partial charge is 0.384 e. The van der Waals surface area contributed by atoms with Gasteiger partial charge in [-0.3, -0.25) is 0 Å². The maximum atomic E-state index is 10.6. The van der Waals surface area contributed by atoms with Gasteiger partial charge >= 0.3 is 0 Å². The van der Waals surface area contributed by atoms with Crippen LogP contribution >= 0.6 is 0 Å². The van der Waals surface area contributed by atoms with Crippen LogP contribution in [0.5, 0.6) is 0 Å². The van der Waals surface area contributed by atoms with Gasteiger partial charge in [0.2, 0.25) is 0 Å². The summed E-state index contributed by atoms with van der Waals surface area (Å²) in [4.78, 5) is 0. The van der Waals surface area contributed by atoms with Crippen LogP contribution in [0, 0.1) is 18.3 Å². The van der Waals surface area contributed by atoms with Crippen LogP contribution < -0.4 is 0 Å². The highest BCUT2D eigenvalue weighted by Gasteiger charge is 2.31. The Kier molecular flexibility index (Phi) is 5.25. The van der Waals surface area contributed by atoms with Crippen molar-refractivity contribution >= 4 is 0 Å². The van der Waals surface area contributed by atoms with E-state index in [9.17, 15) is 5.11 Å². The molecule has 2 atom stereocenters. The molecule has 0 radical (unpaired) electrons. The molecule has 1 aromatic rings. The predicted octanol–water partition coefficient (Wildman–Crippen LogP) is 3.72. The second-order valence-corrected chi connectivity index (χ2v) is 4.73. The number of unbranched alkanes of at least 4 members (excludes halogenated alkanes) is 2. The number of terminal acetylenes is 1. The van der Waals surface area contributed by atoms with Crippen molar-refractivity contribution in [2.45, 2.75) is 45.1 Å². The summed E-state index contributed by atoms with van der Waals surface area (Å²) in [5.74, 6) is 2.64. The molecule has 1 rings (SSSR count). The lowest BCUT2D eigenvalue weighted by Crippen LogP contribution is -2.30. The molecule has 0 aliphatic heterocycles. The molecule has 1 heteroatoms. The summed E-state index contributed by atoms with van der Waals surface area (Å²) >= 11 is 0. The van der Waals surface area contributed by atoms with Gasteiger partial charge in [0.25, 0.3) is 0 Å². The fraction of sp³-hybridized carbons (Fsp3) is 0.500. The number of hydrogen-bond donors (Lipinski definition) is 1. The summed E-state index contributed by atoms with van der Waals surface area (Å²) in [5.41, 5.74) is -0.0246. The maximum Gasteiger partial charge on any atom is 0.100 e. The smallest absolute Gasteiger partial charge is 0.100 e. The topological polar surface area (TPSA) is 20.2 Å². The first-order valence-electron chi connectivity index (χ1n) is 6.37. The fourth-order valence-electron chi connectivity index (χ4n) is 2.10. The summed E-state index contributed by atoms with van der Waals surface area (Å²) in [7, 11) is 0. The van der Waals surface area contributed by atoms with Gasteiger partial charge in [0, 0.05) is 0 Å². The molecule has 0 aliphatic carbocycles. The van der Waals surface area contributed by atoms with Gasteiger partial charge < -0.3 is 5.11 Å². The third-order valence-electron chi connectivity index (χ3n) is 3.33. The van der Waals surface area contributed by atoms with E-state index in [1.54, 1.807) is 0 Å². The van der Waals surface area contributed by atoms with Gasteiger partial charge in [-0.15, -0.1) is 6.42 Å². The molecular weight excluding hydrogens is 208 g/mol. The van der Waals surface area contributed by atoms with Crippen molar-refractivity contribution in [3.8, 4) is 12.3 Å². The Bertz CT molecular complexity index is 359. The van der Waals surface area contributed by atoms with Gasteiger partial charge in [-0.05, 0) is 18.9 Å². The lowest BCUT2D eigenvalue weighted by molar-refractivity contribution is 0.0133. The first-order valence-corrected chi connectivity index (χ1v) is 6.37. The van der Waals surface area contributed by atoms with Crippen molar-refractivity contribution in [2.24, 2.45) is 5.92 Å². The van der Waals surface area contributed by atoms with Crippen LogP contribution in [0.15, 0.2) is 30.3 Å². The average molecular weight is 230 g/mol. The van der Waals surface area contributed by atoms with Crippen molar-refractivity contribution in [1.29, 1.82) is 0 Å². The van der Waals surface area contributed by atoms with Crippen LogP contribution in [0.2, 0.25) is 0 Å². The van der Waals surface area contributed by atoms with Crippen molar-refractivity contribution in [2.75, 3.05) is 0 Å². The fourth-order valence-corrected chi connectivity index (χ4v) is 2.10. The molecular formula is C16H22O. The predicted molar refractivity (Wildman–Crippen MR) is 72.5 cm³/mol. The minimum absolute atomic E-state index is 0.114. The van der Waals surface area contributed by atoms with Gasteiger partial charge in [-0.25, -0.2) is 0 Å². The van der Waals surface area contributed by atoms with E-state index < -0.39 is 5.60 Å². The van der Waals surface area contributed by atoms with E-state index in [0.717, 1.165) is 18.4 Å². The van der Waals surface area contributed by atoms with Gasteiger partial charge in [-0.1, -0.05) is 62.4 Å².